The molecule has 1 saturated carbocycles. The summed E-state index contributed by atoms with van der Waals surface area (Å²) in [5.41, 5.74) is 0. The summed E-state index contributed by atoms with van der Waals surface area (Å²) in [5, 5.41) is 14.0. The quantitative estimate of drug-likeness (QED) is 0.890. The van der Waals surface area contributed by atoms with Gasteiger partial charge in [0.15, 0.2) is 0 Å². The van der Waals surface area contributed by atoms with Crippen LogP contribution in [0.5, 0.6) is 0 Å². The molecule has 0 radical (unpaired) electrons. The van der Waals surface area contributed by atoms with E-state index in [0.717, 1.165) is 17.7 Å². The first-order valence-electron chi connectivity index (χ1n) is 6.02. The molecule has 1 N–H and O–H groups in total. The summed E-state index contributed by atoms with van der Waals surface area (Å²) in [6, 6.07) is 6.38. The molecule has 0 bridgehead atoms. The van der Waals surface area contributed by atoms with Crippen LogP contribution >= 0.6 is 11.3 Å². The van der Waals surface area contributed by atoms with Gasteiger partial charge in [0, 0.05) is 17.3 Å². The Morgan fingerprint density at radius 3 is 2.94 bits per heavy atom. The third-order valence-electron chi connectivity index (χ3n) is 3.15. The van der Waals surface area contributed by atoms with E-state index in [0.29, 0.717) is 6.04 Å². The molecular formula is C13H16N2OS. The first kappa shape index (κ1) is 12.1. The number of amides is 1. The Bertz CT molecular complexity index is 402. The highest BCUT2D eigenvalue weighted by atomic mass is 32.1. The van der Waals surface area contributed by atoms with E-state index >= 15 is 0 Å². The molecule has 0 spiro atoms. The Balaban J connectivity index is 1.86. The van der Waals surface area contributed by atoms with Crippen molar-refractivity contribution in [2.45, 2.75) is 44.1 Å². The third kappa shape index (κ3) is 3.31. The smallest absolute Gasteiger partial charge is 0.221 e. The lowest BCUT2D eigenvalue weighted by Gasteiger charge is -2.13. The van der Waals surface area contributed by atoms with Crippen LogP contribution < -0.4 is 5.32 Å². The minimum Gasteiger partial charge on any atom is -0.353 e. The molecule has 1 heterocycles. The Kier molecular flexibility index (Phi) is 4.16. The molecule has 1 fully saturated rings. The van der Waals surface area contributed by atoms with Gasteiger partial charge in [-0.25, -0.2) is 0 Å². The molecule has 90 valence electrons. The van der Waals surface area contributed by atoms with Crippen LogP contribution in [0.4, 0.5) is 0 Å². The maximum Gasteiger partial charge on any atom is 0.221 e. The van der Waals surface area contributed by atoms with Crippen LogP contribution in [-0.4, -0.2) is 11.9 Å². The zero-order valence-corrected chi connectivity index (χ0v) is 10.5. The maximum absolute atomic E-state index is 11.8. The second kappa shape index (κ2) is 5.83. The van der Waals surface area contributed by atoms with Crippen LogP contribution in [0.1, 0.15) is 42.9 Å². The van der Waals surface area contributed by atoms with Crippen LogP contribution in [0.15, 0.2) is 17.5 Å². The molecule has 17 heavy (non-hydrogen) atoms. The number of nitrogens with zero attached hydrogens (tertiary/aromatic N) is 1. The molecule has 0 saturated heterocycles. The van der Waals surface area contributed by atoms with Crippen molar-refractivity contribution in [3.8, 4) is 6.07 Å². The van der Waals surface area contributed by atoms with Crippen LogP contribution in [0.25, 0.3) is 0 Å². The lowest BCUT2D eigenvalue weighted by Crippen LogP contribution is -2.33. The van der Waals surface area contributed by atoms with Crippen molar-refractivity contribution < 1.29 is 4.79 Å². The normalized spacial score (nSPS) is 17.6. The van der Waals surface area contributed by atoms with Crippen molar-refractivity contribution in [2.24, 2.45) is 0 Å². The molecule has 1 aliphatic rings. The van der Waals surface area contributed by atoms with Crippen LogP contribution in [0.2, 0.25) is 0 Å². The zero-order chi connectivity index (χ0) is 12.1. The van der Waals surface area contributed by atoms with E-state index in [4.69, 9.17) is 5.26 Å². The van der Waals surface area contributed by atoms with E-state index in [9.17, 15) is 4.79 Å². The SMILES string of the molecule is N#CC(CC(=O)NC1CCCC1)c1cccs1. The molecule has 2 rings (SSSR count). The summed E-state index contributed by atoms with van der Waals surface area (Å²) in [4.78, 5) is 12.8. The molecule has 3 nitrogen and oxygen atoms in total. The molecule has 1 atom stereocenters. The highest BCUT2D eigenvalue weighted by molar-refractivity contribution is 7.10. The minimum atomic E-state index is -0.295. The van der Waals surface area contributed by atoms with E-state index in [-0.39, 0.29) is 18.2 Å². The van der Waals surface area contributed by atoms with E-state index in [1.807, 2.05) is 17.5 Å². The largest absolute Gasteiger partial charge is 0.353 e. The van der Waals surface area contributed by atoms with Crippen molar-refractivity contribution >= 4 is 17.2 Å². The topological polar surface area (TPSA) is 52.9 Å². The standard InChI is InChI=1S/C13H16N2OS/c14-9-10(12-6-3-7-17-12)8-13(16)15-11-4-1-2-5-11/h3,6-7,10-11H,1-2,4-5,8H2,(H,15,16). The van der Waals surface area contributed by atoms with Gasteiger partial charge >= 0.3 is 0 Å². The maximum atomic E-state index is 11.8. The molecular weight excluding hydrogens is 232 g/mol. The van der Waals surface area contributed by atoms with E-state index in [1.54, 1.807) is 0 Å². The predicted octanol–water partition coefficient (Wildman–Crippen LogP) is 2.80. The Morgan fingerprint density at radius 1 is 1.59 bits per heavy atom. The first-order valence-corrected chi connectivity index (χ1v) is 6.90. The number of rotatable bonds is 4. The number of thiophene rings is 1. The van der Waals surface area contributed by atoms with Crippen molar-refractivity contribution in [3.63, 3.8) is 0 Å². The van der Waals surface area contributed by atoms with Gasteiger partial charge in [-0.15, -0.1) is 11.3 Å². The number of carbonyl (C=O) groups is 1. The van der Waals surface area contributed by atoms with Crippen molar-refractivity contribution in [2.75, 3.05) is 0 Å². The minimum absolute atomic E-state index is 0.0110. The number of hydrogen-bond donors (Lipinski definition) is 1. The van der Waals surface area contributed by atoms with E-state index in [2.05, 4.69) is 11.4 Å². The van der Waals surface area contributed by atoms with Crippen LogP contribution in [0.3, 0.4) is 0 Å². The van der Waals surface area contributed by atoms with Crippen molar-refractivity contribution in [1.29, 1.82) is 5.26 Å². The monoisotopic (exact) mass is 248 g/mol. The van der Waals surface area contributed by atoms with Gasteiger partial charge in [0.25, 0.3) is 0 Å². The summed E-state index contributed by atoms with van der Waals surface area (Å²) in [7, 11) is 0. The van der Waals surface area contributed by atoms with Gasteiger partial charge in [-0.3, -0.25) is 4.79 Å². The number of nitriles is 1. The molecule has 0 aliphatic heterocycles. The second-order valence-corrected chi connectivity index (χ2v) is 5.43. The molecule has 4 heteroatoms. The molecule has 1 unspecified atom stereocenters. The molecule has 0 aromatic carbocycles. The second-order valence-electron chi connectivity index (χ2n) is 4.45. The summed E-state index contributed by atoms with van der Waals surface area (Å²) in [6.07, 6.45) is 4.87. The number of nitrogens with one attached hydrogen (secondary N) is 1. The van der Waals surface area contributed by atoms with Crippen molar-refractivity contribution in [3.05, 3.63) is 22.4 Å². The van der Waals surface area contributed by atoms with Crippen LogP contribution in [0, 0.1) is 11.3 Å². The average Bonchev–Trinajstić information content (AvgIpc) is 2.97. The van der Waals surface area contributed by atoms with Gasteiger partial charge in [0.05, 0.1) is 12.0 Å². The third-order valence-corrected chi connectivity index (χ3v) is 4.14. The fourth-order valence-corrected chi connectivity index (χ4v) is 3.01. The van der Waals surface area contributed by atoms with Gasteiger partial charge in [-0.2, -0.15) is 5.26 Å². The summed E-state index contributed by atoms with van der Waals surface area (Å²) in [6.45, 7) is 0. The average molecular weight is 248 g/mol. The van der Waals surface area contributed by atoms with Crippen molar-refractivity contribution in [1.82, 2.24) is 5.32 Å². The van der Waals surface area contributed by atoms with Gasteiger partial charge in [-0.1, -0.05) is 18.9 Å². The van der Waals surface area contributed by atoms with Gasteiger partial charge in [0.1, 0.15) is 0 Å². The van der Waals surface area contributed by atoms with Gasteiger partial charge in [0.2, 0.25) is 5.91 Å². The Hall–Kier alpha value is -1.34. The lowest BCUT2D eigenvalue weighted by atomic mass is 10.0. The fourth-order valence-electron chi connectivity index (χ4n) is 2.24. The number of hydrogen-bond acceptors (Lipinski definition) is 3. The molecule has 1 aromatic heterocycles. The fraction of sp³-hybridized carbons (Fsp3) is 0.538. The zero-order valence-electron chi connectivity index (χ0n) is 9.69. The summed E-state index contributed by atoms with van der Waals surface area (Å²) in [5.74, 6) is -0.284. The molecule has 1 aromatic rings. The summed E-state index contributed by atoms with van der Waals surface area (Å²) < 4.78 is 0. The Labute approximate surface area is 105 Å². The van der Waals surface area contributed by atoms with Gasteiger partial charge in [-0.05, 0) is 24.3 Å². The molecule has 1 aliphatic carbocycles. The van der Waals surface area contributed by atoms with E-state index < -0.39 is 0 Å². The molecule has 1 amide bonds. The highest BCUT2D eigenvalue weighted by Crippen LogP contribution is 2.24. The predicted molar refractivity (Wildman–Crippen MR) is 67.7 cm³/mol. The lowest BCUT2D eigenvalue weighted by molar-refractivity contribution is -0.121. The van der Waals surface area contributed by atoms with Crippen LogP contribution in [-0.2, 0) is 4.79 Å². The number of carbonyl (C=O) groups excluding carboxylic acids is 1. The Morgan fingerprint density at radius 2 is 2.35 bits per heavy atom. The highest BCUT2D eigenvalue weighted by Gasteiger charge is 2.20. The first-order chi connectivity index (χ1) is 8.29. The van der Waals surface area contributed by atoms with E-state index in [1.165, 1.54) is 24.2 Å². The van der Waals surface area contributed by atoms with Gasteiger partial charge < -0.3 is 5.32 Å². The summed E-state index contributed by atoms with van der Waals surface area (Å²) >= 11 is 1.54.